The number of hydrogen-bond acceptors (Lipinski definition) is 5. The summed E-state index contributed by atoms with van der Waals surface area (Å²) in [5.41, 5.74) is 0.788. The Balaban J connectivity index is 1.53. The summed E-state index contributed by atoms with van der Waals surface area (Å²) in [5, 5.41) is 10.6. The van der Waals surface area contributed by atoms with Gasteiger partial charge in [-0.25, -0.2) is 4.98 Å². The lowest BCUT2D eigenvalue weighted by atomic mass is 10.1. The number of rotatable bonds is 5. The van der Waals surface area contributed by atoms with Crippen LogP contribution in [0.15, 0.2) is 48.7 Å². The molecule has 124 valence electrons. The number of pyridine rings is 1. The highest BCUT2D eigenvalue weighted by Crippen LogP contribution is 2.18. The predicted molar refractivity (Wildman–Crippen MR) is 86.7 cm³/mol. The Morgan fingerprint density at radius 2 is 2.08 bits per heavy atom. The van der Waals surface area contributed by atoms with Gasteiger partial charge < -0.3 is 9.64 Å². The molecule has 1 aliphatic heterocycles. The van der Waals surface area contributed by atoms with Gasteiger partial charge in [0.15, 0.2) is 0 Å². The number of non-ortho nitro benzene ring substituents is 1. The maximum atomic E-state index is 12.4. The Labute approximate surface area is 139 Å². The van der Waals surface area contributed by atoms with Crippen molar-refractivity contribution in [1.29, 1.82) is 0 Å². The number of ether oxygens (including phenoxy) is 1. The summed E-state index contributed by atoms with van der Waals surface area (Å²) in [5.74, 6) is 0.558. The molecule has 1 fully saturated rings. The van der Waals surface area contributed by atoms with Gasteiger partial charge >= 0.3 is 0 Å². The first-order valence-corrected chi connectivity index (χ1v) is 7.70. The largest absolute Gasteiger partial charge is 0.472 e. The number of aromatic nitrogens is 1. The van der Waals surface area contributed by atoms with Gasteiger partial charge in [0.2, 0.25) is 11.8 Å². The monoisotopic (exact) mass is 327 g/mol. The molecule has 1 amide bonds. The van der Waals surface area contributed by atoms with Crippen LogP contribution in [-0.2, 0) is 11.2 Å². The summed E-state index contributed by atoms with van der Waals surface area (Å²) in [7, 11) is 0. The van der Waals surface area contributed by atoms with E-state index in [4.69, 9.17) is 4.74 Å². The molecule has 0 spiro atoms. The molecule has 2 heterocycles. The van der Waals surface area contributed by atoms with Gasteiger partial charge in [0.1, 0.15) is 6.10 Å². The molecule has 0 radical (unpaired) electrons. The van der Waals surface area contributed by atoms with Crippen LogP contribution >= 0.6 is 0 Å². The van der Waals surface area contributed by atoms with Crippen LogP contribution in [0.5, 0.6) is 5.88 Å². The van der Waals surface area contributed by atoms with E-state index in [0.29, 0.717) is 19.0 Å². The number of carbonyl (C=O) groups excluding carboxylic acids is 1. The van der Waals surface area contributed by atoms with Crippen LogP contribution < -0.4 is 4.74 Å². The van der Waals surface area contributed by atoms with Gasteiger partial charge in [0.05, 0.1) is 17.9 Å². The quantitative estimate of drug-likeness (QED) is 0.621. The molecule has 1 aliphatic rings. The van der Waals surface area contributed by atoms with E-state index in [2.05, 4.69) is 4.98 Å². The van der Waals surface area contributed by atoms with Crippen molar-refractivity contribution >= 4 is 11.6 Å². The van der Waals surface area contributed by atoms with Crippen molar-refractivity contribution in [1.82, 2.24) is 9.88 Å². The van der Waals surface area contributed by atoms with Crippen molar-refractivity contribution < 1.29 is 14.5 Å². The van der Waals surface area contributed by atoms with E-state index in [-0.39, 0.29) is 24.1 Å². The molecule has 1 atom stereocenters. The zero-order valence-electron chi connectivity index (χ0n) is 13.0. The predicted octanol–water partition coefficient (Wildman–Crippen LogP) is 2.21. The molecule has 0 saturated carbocycles. The van der Waals surface area contributed by atoms with Crippen molar-refractivity contribution in [3.63, 3.8) is 0 Å². The Morgan fingerprint density at radius 3 is 2.75 bits per heavy atom. The fourth-order valence-electron chi connectivity index (χ4n) is 2.66. The number of hydrogen-bond donors (Lipinski definition) is 0. The highest BCUT2D eigenvalue weighted by molar-refractivity contribution is 5.79. The minimum atomic E-state index is -0.453. The molecule has 3 rings (SSSR count). The molecule has 1 unspecified atom stereocenters. The van der Waals surface area contributed by atoms with Gasteiger partial charge in [-0.2, -0.15) is 0 Å². The first kappa shape index (κ1) is 15.9. The second kappa shape index (κ2) is 7.08. The number of nitro benzene ring substituents is 1. The number of likely N-dealkylation sites (tertiary alicyclic amines) is 1. The standard InChI is InChI=1S/C17H17N3O4/c21-17(11-13-4-6-14(7-5-13)20(22)23)19-10-8-15(12-19)24-16-3-1-2-9-18-16/h1-7,9,15H,8,10-12H2. The average molecular weight is 327 g/mol. The number of nitro groups is 1. The van der Waals surface area contributed by atoms with E-state index >= 15 is 0 Å². The molecule has 1 saturated heterocycles. The summed E-state index contributed by atoms with van der Waals surface area (Å²) in [6.45, 7) is 1.17. The van der Waals surface area contributed by atoms with Crippen LogP contribution in [0.4, 0.5) is 5.69 Å². The van der Waals surface area contributed by atoms with Crippen molar-refractivity contribution in [3.05, 3.63) is 64.3 Å². The SMILES string of the molecule is O=C(Cc1ccc([N+](=O)[O-])cc1)N1CCC(Oc2ccccn2)C1. The molecule has 24 heavy (non-hydrogen) atoms. The molecule has 1 aromatic heterocycles. The van der Waals surface area contributed by atoms with Gasteiger partial charge in [-0.1, -0.05) is 18.2 Å². The van der Waals surface area contributed by atoms with Crippen molar-refractivity contribution in [2.75, 3.05) is 13.1 Å². The second-order valence-corrected chi connectivity index (χ2v) is 5.64. The van der Waals surface area contributed by atoms with Crippen LogP contribution in [-0.4, -0.2) is 39.9 Å². The smallest absolute Gasteiger partial charge is 0.269 e. The molecule has 1 aromatic carbocycles. The van der Waals surface area contributed by atoms with Crippen LogP contribution in [0, 0.1) is 10.1 Å². The molecule has 7 heteroatoms. The summed E-state index contributed by atoms with van der Waals surface area (Å²) >= 11 is 0. The van der Waals surface area contributed by atoms with E-state index in [9.17, 15) is 14.9 Å². The minimum absolute atomic E-state index is 0.00373. The zero-order valence-corrected chi connectivity index (χ0v) is 13.0. The first-order chi connectivity index (χ1) is 11.6. The molecular weight excluding hydrogens is 310 g/mol. The fraction of sp³-hybridized carbons (Fsp3) is 0.294. The van der Waals surface area contributed by atoms with Gasteiger partial charge in [-0.3, -0.25) is 14.9 Å². The molecule has 7 nitrogen and oxygen atoms in total. The van der Waals surface area contributed by atoms with E-state index in [1.165, 1.54) is 12.1 Å². The first-order valence-electron chi connectivity index (χ1n) is 7.70. The number of carbonyl (C=O) groups is 1. The average Bonchev–Trinajstić information content (AvgIpc) is 3.05. The van der Waals surface area contributed by atoms with E-state index in [0.717, 1.165) is 12.0 Å². The van der Waals surface area contributed by atoms with Gasteiger partial charge in [-0.15, -0.1) is 0 Å². The third-order valence-corrected chi connectivity index (χ3v) is 3.93. The lowest BCUT2D eigenvalue weighted by Gasteiger charge is -2.17. The highest BCUT2D eigenvalue weighted by Gasteiger charge is 2.27. The molecule has 0 N–H and O–H groups in total. The van der Waals surface area contributed by atoms with E-state index < -0.39 is 4.92 Å². The zero-order chi connectivity index (χ0) is 16.9. The maximum absolute atomic E-state index is 12.4. The molecular formula is C17H17N3O4. The molecule has 0 bridgehead atoms. The topological polar surface area (TPSA) is 85.6 Å². The number of nitrogens with zero attached hydrogens (tertiary/aromatic N) is 3. The second-order valence-electron chi connectivity index (χ2n) is 5.64. The maximum Gasteiger partial charge on any atom is 0.269 e. The third-order valence-electron chi connectivity index (χ3n) is 3.93. The normalized spacial score (nSPS) is 16.8. The van der Waals surface area contributed by atoms with Crippen LogP contribution in [0.3, 0.4) is 0 Å². The number of amides is 1. The number of benzene rings is 1. The molecule has 0 aliphatic carbocycles. The third kappa shape index (κ3) is 3.87. The summed E-state index contributed by atoms with van der Waals surface area (Å²) in [6, 6.07) is 11.5. The van der Waals surface area contributed by atoms with E-state index in [1.807, 2.05) is 12.1 Å². The van der Waals surface area contributed by atoms with Crippen molar-refractivity contribution in [2.24, 2.45) is 0 Å². The van der Waals surface area contributed by atoms with Crippen molar-refractivity contribution in [2.45, 2.75) is 18.9 Å². The Bertz CT molecular complexity index is 718. The van der Waals surface area contributed by atoms with Crippen molar-refractivity contribution in [3.8, 4) is 5.88 Å². The summed E-state index contributed by atoms with van der Waals surface area (Å²) in [6.07, 6.45) is 2.61. The minimum Gasteiger partial charge on any atom is -0.472 e. The Hall–Kier alpha value is -2.96. The highest BCUT2D eigenvalue weighted by atomic mass is 16.6. The van der Waals surface area contributed by atoms with Gasteiger partial charge in [0, 0.05) is 37.4 Å². The Kier molecular flexibility index (Phi) is 4.69. The van der Waals surface area contributed by atoms with Crippen LogP contribution in [0.25, 0.3) is 0 Å². The summed E-state index contributed by atoms with van der Waals surface area (Å²) < 4.78 is 5.77. The fourth-order valence-corrected chi connectivity index (χ4v) is 2.66. The van der Waals surface area contributed by atoms with Gasteiger partial charge in [0.25, 0.3) is 5.69 Å². The Morgan fingerprint density at radius 1 is 1.29 bits per heavy atom. The summed E-state index contributed by atoms with van der Waals surface area (Å²) in [4.78, 5) is 28.4. The lowest BCUT2D eigenvalue weighted by Crippen LogP contribution is -2.32. The van der Waals surface area contributed by atoms with E-state index in [1.54, 1.807) is 29.3 Å². The lowest BCUT2D eigenvalue weighted by molar-refractivity contribution is -0.384. The van der Waals surface area contributed by atoms with Gasteiger partial charge in [-0.05, 0) is 11.6 Å². The molecule has 2 aromatic rings. The van der Waals surface area contributed by atoms with Crippen LogP contribution in [0.2, 0.25) is 0 Å². The van der Waals surface area contributed by atoms with Crippen LogP contribution in [0.1, 0.15) is 12.0 Å².